The van der Waals surface area contributed by atoms with Gasteiger partial charge in [0.2, 0.25) is 0 Å². The molecule has 2 aromatic rings. The molecule has 104 valence electrons. The van der Waals surface area contributed by atoms with E-state index in [2.05, 4.69) is 0 Å². The van der Waals surface area contributed by atoms with Gasteiger partial charge in [0.1, 0.15) is 5.82 Å². The Morgan fingerprint density at radius 2 is 2.00 bits per heavy atom. The van der Waals surface area contributed by atoms with Gasteiger partial charge >= 0.3 is 0 Å². The van der Waals surface area contributed by atoms with Crippen molar-refractivity contribution in [1.29, 1.82) is 0 Å². The first kappa shape index (κ1) is 14.4. The molecule has 0 aliphatic rings. The molecule has 0 bridgehead atoms. The average molecular weight is 296 g/mol. The number of hydrogen-bond donors (Lipinski definition) is 1. The van der Waals surface area contributed by atoms with Crippen LogP contribution in [0.5, 0.6) is 0 Å². The van der Waals surface area contributed by atoms with Gasteiger partial charge in [0.25, 0.3) is 5.69 Å². The topological polar surface area (TPSA) is 63.4 Å². The molecule has 2 rings (SSSR count). The Kier molecular flexibility index (Phi) is 4.32. The van der Waals surface area contributed by atoms with E-state index in [1.807, 2.05) is 0 Å². The summed E-state index contributed by atoms with van der Waals surface area (Å²) in [5.41, 5.74) is 0.645. The minimum Gasteiger partial charge on any atom is -0.388 e. The molecule has 1 unspecified atom stereocenters. The molecule has 0 saturated heterocycles. The lowest BCUT2D eigenvalue weighted by Gasteiger charge is -2.11. The zero-order valence-electron chi connectivity index (χ0n) is 10.3. The zero-order valence-corrected chi connectivity index (χ0v) is 11.0. The molecular formula is C14H11ClFNO3. The van der Waals surface area contributed by atoms with E-state index in [1.54, 1.807) is 18.2 Å². The van der Waals surface area contributed by atoms with Gasteiger partial charge in [-0.15, -0.1) is 0 Å². The van der Waals surface area contributed by atoms with E-state index in [-0.39, 0.29) is 17.1 Å². The normalized spacial score (nSPS) is 12.2. The van der Waals surface area contributed by atoms with Gasteiger partial charge in [-0.25, -0.2) is 4.39 Å². The fourth-order valence-electron chi connectivity index (χ4n) is 1.91. The van der Waals surface area contributed by atoms with Gasteiger partial charge in [0.05, 0.1) is 16.0 Å². The molecule has 0 saturated carbocycles. The smallest absolute Gasteiger partial charge is 0.272 e. The van der Waals surface area contributed by atoms with Gasteiger partial charge in [-0.1, -0.05) is 35.9 Å². The molecule has 0 aliphatic heterocycles. The lowest BCUT2D eigenvalue weighted by Crippen LogP contribution is -2.04. The molecular weight excluding hydrogens is 285 g/mol. The Bertz CT molecular complexity index is 648. The number of hydrogen-bond acceptors (Lipinski definition) is 3. The summed E-state index contributed by atoms with van der Waals surface area (Å²) in [6, 6.07) is 10.1. The van der Waals surface area contributed by atoms with Gasteiger partial charge in [0.15, 0.2) is 0 Å². The molecule has 4 nitrogen and oxygen atoms in total. The quantitative estimate of drug-likeness (QED) is 0.691. The van der Waals surface area contributed by atoms with E-state index in [0.29, 0.717) is 11.1 Å². The molecule has 0 radical (unpaired) electrons. The number of nitro benzene ring substituents is 1. The van der Waals surface area contributed by atoms with Crippen molar-refractivity contribution >= 4 is 17.3 Å². The van der Waals surface area contributed by atoms with Crippen molar-refractivity contribution in [3.63, 3.8) is 0 Å². The maximum absolute atomic E-state index is 13.3. The fourth-order valence-corrected chi connectivity index (χ4v) is 2.02. The second-order valence-corrected chi connectivity index (χ2v) is 4.69. The molecule has 1 atom stereocenters. The highest BCUT2D eigenvalue weighted by Crippen LogP contribution is 2.26. The van der Waals surface area contributed by atoms with E-state index in [4.69, 9.17) is 11.6 Å². The summed E-state index contributed by atoms with van der Waals surface area (Å²) >= 11 is 5.57. The van der Waals surface area contributed by atoms with Crippen molar-refractivity contribution in [2.45, 2.75) is 12.5 Å². The molecule has 6 heteroatoms. The first-order valence-electron chi connectivity index (χ1n) is 5.84. The van der Waals surface area contributed by atoms with Crippen LogP contribution in [0.4, 0.5) is 10.1 Å². The summed E-state index contributed by atoms with van der Waals surface area (Å²) in [6.45, 7) is 0. The highest BCUT2D eigenvalue weighted by Gasteiger charge is 2.17. The number of nitro groups is 1. The van der Waals surface area contributed by atoms with Gasteiger partial charge in [-0.05, 0) is 17.7 Å². The predicted molar refractivity (Wildman–Crippen MR) is 73.2 cm³/mol. The predicted octanol–water partition coefficient (Wildman–Crippen LogP) is 3.66. The first-order chi connectivity index (χ1) is 9.49. The Morgan fingerprint density at radius 1 is 1.30 bits per heavy atom. The number of aliphatic hydroxyl groups excluding tert-OH is 1. The molecule has 0 fully saturated rings. The Labute approximate surface area is 119 Å². The van der Waals surface area contributed by atoms with Crippen LogP contribution in [0.2, 0.25) is 5.02 Å². The van der Waals surface area contributed by atoms with Crippen molar-refractivity contribution in [2.24, 2.45) is 0 Å². The van der Waals surface area contributed by atoms with Crippen molar-refractivity contribution in [3.05, 3.63) is 74.5 Å². The molecule has 0 spiro atoms. The number of aliphatic hydroxyl groups is 1. The zero-order chi connectivity index (χ0) is 14.7. The number of nitrogens with zero attached hydrogens (tertiary/aromatic N) is 1. The average Bonchev–Trinajstić information content (AvgIpc) is 2.42. The van der Waals surface area contributed by atoms with Crippen LogP contribution in [-0.4, -0.2) is 10.0 Å². The minimum atomic E-state index is -1.04. The largest absolute Gasteiger partial charge is 0.388 e. The summed E-state index contributed by atoms with van der Waals surface area (Å²) in [5.74, 6) is -0.634. The van der Waals surface area contributed by atoms with Crippen LogP contribution in [0.15, 0.2) is 42.5 Å². The SMILES string of the molecule is O=[N+]([O-])c1ccccc1CC(O)c1ccc(Cl)c(F)c1. The molecule has 0 amide bonds. The van der Waals surface area contributed by atoms with Crippen molar-refractivity contribution < 1.29 is 14.4 Å². The maximum Gasteiger partial charge on any atom is 0.272 e. The summed E-state index contributed by atoms with van der Waals surface area (Å²) < 4.78 is 13.3. The van der Waals surface area contributed by atoms with Crippen LogP contribution >= 0.6 is 11.6 Å². The summed E-state index contributed by atoms with van der Waals surface area (Å²) in [7, 11) is 0. The molecule has 2 aromatic carbocycles. The molecule has 20 heavy (non-hydrogen) atoms. The third-order valence-corrected chi connectivity index (χ3v) is 3.24. The number of halogens is 2. The number of benzene rings is 2. The van der Waals surface area contributed by atoms with Gasteiger partial charge in [-0.3, -0.25) is 10.1 Å². The van der Waals surface area contributed by atoms with Crippen LogP contribution in [0.1, 0.15) is 17.2 Å². The fraction of sp³-hybridized carbons (Fsp3) is 0.143. The van der Waals surface area contributed by atoms with Gasteiger partial charge < -0.3 is 5.11 Å². The second-order valence-electron chi connectivity index (χ2n) is 4.28. The monoisotopic (exact) mass is 295 g/mol. The lowest BCUT2D eigenvalue weighted by molar-refractivity contribution is -0.385. The van der Waals surface area contributed by atoms with Crippen LogP contribution in [-0.2, 0) is 6.42 Å². The van der Waals surface area contributed by atoms with E-state index in [0.717, 1.165) is 6.07 Å². The highest BCUT2D eigenvalue weighted by atomic mass is 35.5. The van der Waals surface area contributed by atoms with E-state index < -0.39 is 16.8 Å². The van der Waals surface area contributed by atoms with E-state index >= 15 is 0 Å². The minimum absolute atomic E-state index is 0.0260. The molecule has 1 N–H and O–H groups in total. The van der Waals surface area contributed by atoms with Crippen molar-refractivity contribution in [2.75, 3.05) is 0 Å². The van der Waals surface area contributed by atoms with Crippen molar-refractivity contribution in [3.8, 4) is 0 Å². The third-order valence-electron chi connectivity index (χ3n) is 2.93. The lowest BCUT2D eigenvalue weighted by atomic mass is 10.0. The summed E-state index contributed by atoms with van der Waals surface area (Å²) in [5, 5.41) is 20.9. The second kappa shape index (κ2) is 5.98. The Hall–Kier alpha value is -1.98. The van der Waals surface area contributed by atoms with Crippen LogP contribution in [0.25, 0.3) is 0 Å². The number of para-hydroxylation sites is 1. The summed E-state index contributed by atoms with van der Waals surface area (Å²) in [6.07, 6.45) is -1.01. The third kappa shape index (κ3) is 3.12. The Morgan fingerprint density at radius 3 is 2.65 bits per heavy atom. The first-order valence-corrected chi connectivity index (χ1v) is 6.22. The van der Waals surface area contributed by atoms with Crippen molar-refractivity contribution in [1.82, 2.24) is 0 Å². The van der Waals surface area contributed by atoms with Crippen LogP contribution in [0.3, 0.4) is 0 Å². The van der Waals surface area contributed by atoms with E-state index in [1.165, 1.54) is 18.2 Å². The Balaban J connectivity index is 2.25. The number of rotatable bonds is 4. The molecule has 0 heterocycles. The maximum atomic E-state index is 13.3. The highest BCUT2D eigenvalue weighted by molar-refractivity contribution is 6.30. The van der Waals surface area contributed by atoms with Gasteiger partial charge in [0, 0.05) is 18.1 Å². The molecule has 0 aliphatic carbocycles. The van der Waals surface area contributed by atoms with Gasteiger partial charge in [-0.2, -0.15) is 0 Å². The standard InChI is InChI=1S/C14H11ClFNO3/c15-11-6-5-10(7-12(11)16)14(18)8-9-3-1-2-4-13(9)17(19)20/h1-7,14,18H,8H2. The summed E-state index contributed by atoms with van der Waals surface area (Å²) in [4.78, 5) is 10.4. The molecule has 0 aromatic heterocycles. The van der Waals surface area contributed by atoms with E-state index in [9.17, 15) is 19.6 Å². The van der Waals surface area contributed by atoms with Crippen LogP contribution < -0.4 is 0 Å². The van der Waals surface area contributed by atoms with Crippen LogP contribution in [0, 0.1) is 15.9 Å².